The maximum Gasteiger partial charge on any atom is 0.0205 e. The molecule has 0 aromatic heterocycles. The topological polar surface area (TPSA) is 0 Å². The van der Waals surface area contributed by atoms with Crippen molar-refractivity contribution in [1.82, 2.24) is 0 Å². The molecule has 0 saturated carbocycles. The predicted octanol–water partition coefficient (Wildman–Crippen LogP) is 5.61. The van der Waals surface area contributed by atoms with E-state index in [1.54, 1.807) is 0 Å². The average Bonchev–Trinajstić information content (AvgIpc) is 3.14. The van der Waals surface area contributed by atoms with Crippen LogP contribution in [0.3, 0.4) is 0 Å². The Kier molecular flexibility index (Phi) is 2.42. The van der Waals surface area contributed by atoms with Crippen LogP contribution in [0.1, 0.15) is 34.1 Å². The van der Waals surface area contributed by atoms with Gasteiger partial charge in [0.1, 0.15) is 0 Å². The van der Waals surface area contributed by atoms with E-state index in [1.807, 2.05) is 0 Å². The van der Waals surface area contributed by atoms with Crippen molar-refractivity contribution in [2.75, 3.05) is 0 Å². The quantitative estimate of drug-likeness (QED) is 0.543. The Hall–Kier alpha value is -2.60. The molecule has 3 aromatic rings. The lowest BCUT2D eigenvalue weighted by Crippen LogP contribution is -2.07. The second-order valence-electron chi connectivity index (χ2n) is 6.17. The highest BCUT2D eigenvalue weighted by molar-refractivity contribution is 5.80. The zero-order chi connectivity index (χ0) is 14.5. The molecule has 0 heterocycles. The van der Waals surface area contributed by atoms with Crippen LogP contribution in [0, 0.1) is 0 Å². The highest BCUT2D eigenvalue weighted by Crippen LogP contribution is 2.53. The van der Waals surface area contributed by atoms with Crippen LogP contribution in [0.15, 0.2) is 78.9 Å². The van der Waals surface area contributed by atoms with Gasteiger partial charge in [0, 0.05) is 11.8 Å². The lowest BCUT2D eigenvalue weighted by molar-refractivity contribution is 0.741. The van der Waals surface area contributed by atoms with Gasteiger partial charge in [-0.3, -0.25) is 0 Å². The van der Waals surface area contributed by atoms with Crippen LogP contribution in [0.4, 0.5) is 0 Å². The standard InChI is InChI=1S/C22H16/c1-2-8-16-15(7-1)13-14-21(16)22-19-11-5-3-9-17(19)18-10-4-6-12-20(18)22/h1-14,21-22H. The first-order chi connectivity index (χ1) is 10.9. The monoisotopic (exact) mass is 280 g/mol. The van der Waals surface area contributed by atoms with Crippen molar-refractivity contribution in [3.8, 4) is 11.1 Å². The normalized spacial score (nSPS) is 18.1. The van der Waals surface area contributed by atoms with Crippen LogP contribution in [0.25, 0.3) is 17.2 Å². The summed E-state index contributed by atoms with van der Waals surface area (Å²) in [6.07, 6.45) is 4.66. The van der Waals surface area contributed by atoms with Gasteiger partial charge in [-0.2, -0.15) is 0 Å². The van der Waals surface area contributed by atoms with Gasteiger partial charge in [0.2, 0.25) is 0 Å². The molecule has 5 rings (SSSR count). The Labute approximate surface area is 130 Å². The van der Waals surface area contributed by atoms with Gasteiger partial charge in [0.25, 0.3) is 0 Å². The van der Waals surface area contributed by atoms with Gasteiger partial charge >= 0.3 is 0 Å². The molecule has 1 atom stereocenters. The lowest BCUT2D eigenvalue weighted by Gasteiger charge is -2.21. The van der Waals surface area contributed by atoms with Crippen molar-refractivity contribution >= 4 is 6.08 Å². The van der Waals surface area contributed by atoms with E-state index in [9.17, 15) is 0 Å². The van der Waals surface area contributed by atoms with Crippen molar-refractivity contribution in [3.63, 3.8) is 0 Å². The van der Waals surface area contributed by atoms with Crippen LogP contribution in [-0.4, -0.2) is 0 Å². The predicted molar refractivity (Wildman–Crippen MR) is 91.9 cm³/mol. The molecule has 0 spiro atoms. The summed E-state index contributed by atoms with van der Waals surface area (Å²) in [7, 11) is 0. The van der Waals surface area contributed by atoms with Crippen molar-refractivity contribution < 1.29 is 0 Å². The third-order valence-electron chi connectivity index (χ3n) is 5.08. The molecule has 0 bridgehead atoms. The van der Waals surface area contributed by atoms with Crippen molar-refractivity contribution in [2.45, 2.75) is 11.8 Å². The molecule has 2 aliphatic carbocycles. The number of fused-ring (bicyclic) bond motifs is 4. The van der Waals surface area contributed by atoms with Gasteiger partial charge in [-0.15, -0.1) is 0 Å². The Balaban J connectivity index is 1.75. The summed E-state index contributed by atoms with van der Waals surface area (Å²) in [6, 6.07) is 26.5. The number of hydrogen-bond donors (Lipinski definition) is 0. The first kappa shape index (κ1) is 12.0. The molecule has 3 aromatic carbocycles. The molecule has 0 saturated heterocycles. The molecular weight excluding hydrogens is 264 g/mol. The molecule has 0 fully saturated rings. The molecule has 0 heteroatoms. The highest BCUT2D eigenvalue weighted by Gasteiger charge is 2.35. The fourth-order valence-electron chi connectivity index (χ4n) is 4.15. The number of hydrogen-bond acceptors (Lipinski definition) is 0. The van der Waals surface area contributed by atoms with Gasteiger partial charge in [0.15, 0.2) is 0 Å². The molecular formula is C22H16. The van der Waals surface area contributed by atoms with E-state index in [4.69, 9.17) is 0 Å². The summed E-state index contributed by atoms with van der Waals surface area (Å²) in [5.41, 5.74) is 8.57. The SMILES string of the molecule is C1=CC(C2c3ccccc3-c3ccccc32)c2ccccc21. The zero-order valence-electron chi connectivity index (χ0n) is 12.2. The maximum atomic E-state index is 2.38. The second-order valence-corrected chi connectivity index (χ2v) is 6.17. The summed E-state index contributed by atoms with van der Waals surface area (Å²) < 4.78 is 0. The smallest absolute Gasteiger partial charge is 0.0205 e. The fourth-order valence-corrected chi connectivity index (χ4v) is 4.15. The van der Waals surface area contributed by atoms with Crippen LogP contribution in [-0.2, 0) is 0 Å². The molecule has 22 heavy (non-hydrogen) atoms. The van der Waals surface area contributed by atoms with E-state index in [0.29, 0.717) is 11.8 Å². The first-order valence-corrected chi connectivity index (χ1v) is 7.89. The van der Waals surface area contributed by atoms with E-state index in [-0.39, 0.29) is 0 Å². The van der Waals surface area contributed by atoms with E-state index < -0.39 is 0 Å². The minimum Gasteiger partial charge on any atom is -0.0754 e. The summed E-state index contributed by atoms with van der Waals surface area (Å²) >= 11 is 0. The van der Waals surface area contributed by atoms with Gasteiger partial charge in [-0.05, 0) is 33.4 Å². The second kappa shape index (κ2) is 4.45. The summed E-state index contributed by atoms with van der Waals surface area (Å²) in [4.78, 5) is 0. The molecule has 0 aliphatic heterocycles. The highest BCUT2D eigenvalue weighted by atomic mass is 14.4. The third-order valence-corrected chi connectivity index (χ3v) is 5.08. The Bertz CT molecular complexity index is 856. The number of benzene rings is 3. The number of allylic oxidation sites excluding steroid dienone is 1. The zero-order valence-corrected chi connectivity index (χ0v) is 12.2. The van der Waals surface area contributed by atoms with Crippen molar-refractivity contribution in [3.05, 3.63) is 101 Å². The summed E-state index contributed by atoms with van der Waals surface area (Å²) in [5.74, 6) is 0.883. The number of rotatable bonds is 1. The lowest BCUT2D eigenvalue weighted by atomic mass is 9.81. The van der Waals surface area contributed by atoms with Gasteiger partial charge in [-0.1, -0.05) is 84.9 Å². The summed E-state index contributed by atoms with van der Waals surface area (Å²) in [6.45, 7) is 0. The average molecular weight is 280 g/mol. The molecule has 0 amide bonds. The molecule has 0 N–H and O–H groups in total. The van der Waals surface area contributed by atoms with E-state index in [1.165, 1.54) is 33.4 Å². The van der Waals surface area contributed by atoms with E-state index in [0.717, 1.165) is 0 Å². The Morgan fingerprint density at radius 1 is 0.545 bits per heavy atom. The Morgan fingerprint density at radius 2 is 1.09 bits per heavy atom. The van der Waals surface area contributed by atoms with Crippen molar-refractivity contribution in [1.29, 1.82) is 0 Å². The third kappa shape index (κ3) is 1.52. The molecule has 2 aliphatic rings. The first-order valence-electron chi connectivity index (χ1n) is 7.89. The van der Waals surface area contributed by atoms with Gasteiger partial charge in [-0.25, -0.2) is 0 Å². The minimum atomic E-state index is 0.437. The van der Waals surface area contributed by atoms with Gasteiger partial charge < -0.3 is 0 Å². The van der Waals surface area contributed by atoms with Crippen molar-refractivity contribution in [2.24, 2.45) is 0 Å². The van der Waals surface area contributed by atoms with E-state index >= 15 is 0 Å². The van der Waals surface area contributed by atoms with Crippen LogP contribution in [0.2, 0.25) is 0 Å². The largest absolute Gasteiger partial charge is 0.0754 e. The van der Waals surface area contributed by atoms with Crippen LogP contribution >= 0.6 is 0 Å². The Morgan fingerprint density at radius 3 is 1.77 bits per heavy atom. The van der Waals surface area contributed by atoms with Gasteiger partial charge in [0.05, 0.1) is 0 Å². The molecule has 104 valence electrons. The van der Waals surface area contributed by atoms with Crippen LogP contribution in [0.5, 0.6) is 0 Å². The minimum absolute atomic E-state index is 0.437. The fraction of sp³-hybridized carbons (Fsp3) is 0.0909. The van der Waals surface area contributed by atoms with Crippen LogP contribution < -0.4 is 0 Å². The molecule has 1 unspecified atom stereocenters. The molecule has 0 nitrogen and oxygen atoms in total. The van der Waals surface area contributed by atoms with E-state index in [2.05, 4.69) is 84.9 Å². The molecule has 0 radical (unpaired) electrons. The summed E-state index contributed by atoms with van der Waals surface area (Å²) in [5, 5.41) is 0. The maximum absolute atomic E-state index is 2.38.